The Morgan fingerprint density at radius 1 is 1.25 bits per heavy atom. The summed E-state index contributed by atoms with van der Waals surface area (Å²) in [5.74, 6) is 1.53. The summed E-state index contributed by atoms with van der Waals surface area (Å²) >= 11 is 0. The molecule has 0 radical (unpaired) electrons. The predicted octanol–water partition coefficient (Wildman–Crippen LogP) is 3.46. The number of carbonyl (C=O) groups is 1. The van der Waals surface area contributed by atoms with Crippen LogP contribution in [0.5, 0.6) is 23.0 Å². The van der Waals surface area contributed by atoms with Crippen LogP contribution in [0.3, 0.4) is 0 Å². The second kappa shape index (κ2) is 6.66. The number of ketones is 1. The van der Waals surface area contributed by atoms with Gasteiger partial charge in [0.2, 0.25) is 0 Å². The number of Topliss-reactive ketones (excluding diaryl/α,β-unsaturated/α-hetero) is 1. The summed E-state index contributed by atoms with van der Waals surface area (Å²) in [5, 5.41) is 9.84. The van der Waals surface area contributed by atoms with Crippen molar-refractivity contribution in [2.75, 3.05) is 20.3 Å². The molecule has 0 unspecified atom stereocenters. The number of hydrogen-bond acceptors (Lipinski definition) is 5. The predicted molar refractivity (Wildman–Crippen MR) is 90.1 cm³/mol. The summed E-state index contributed by atoms with van der Waals surface area (Å²) in [7, 11) is 1.49. The van der Waals surface area contributed by atoms with E-state index >= 15 is 0 Å². The molecule has 0 atom stereocenters. The summed E-state index contributed by atoms with van der Waals surface area (Å²) in [6.45, 7) is 2.63. The molecule has 0 aromatic heterocycles. The van der Waals surface area contributed by atoms with Crippen LogP contribution in [0.15, 0.2) is 42.0 Å². The number of phenolic OH excluding ortho intramolecular Hbond substituents is 1. The molecule has 0 saturated heterocycles. The van der Waals surface area contributed by atoms with Crippen LogP contribution in [-0.2, 0) is 0 Å². The van der Waals surface area contributed by atoms with E-state index in [0.717, 1.165) is 0 Å². The minimum absolute atomic E-state index is 0.0257. The zero-order chi connectivity index (χ0) is 17.1. The van der Waals surface area contributed by atoms with Crippen LogP contribution >= 0.6 is 0 Å². The average Bonchev–Trinajstić information content (AvgIpc) is 2.58. The quantitative estimate of drug-likeness (QED) is 0.872. The topological polar surface area (TPSA) is 65.0 Å². The summed E-state index contributed by atoms with van der Waals surface area (Å²) in [6.07, 6.45) is 1.71. The van der Waals surface area contributed by atoms with Gasteiger partial charge in [-0.15, -0.1) is 0 Å². The van der Waals surface area contributed by atoms with Crippen molar-refractivity contribution in [3.05, 3.63) is 53.1 Å². The van der Waals surface area contributed by atoms with Gasteiger partial charge >= 0.3 is 0 Å². The Morgan fingerprint density at radius 3 is 2.79 bits per heavy atom. The van der Waals surface area contributed by atoms with Crippen molar-refractivity contribution in [1.29, 1.82) is 0 Å². The van der Waals surface area contributed by atoms with Crippen LogP contribution in [-0.4, -0.2) is 31.2 Å². The summed E-state index contributed by atoms with van der Waals surface area (Å²) in [4.78, 5) is 12.6. The van der Waals surface area contributed by atoms with Crippen LogP contribution in [0.1, 0.15) is 22.8 Å². The third-order valence-corrected chi connectivity index (χ3v) is 3.73. The number of fused-ring (bicyclic) bond motifs is 1. The van der Waals surface area contributed by atoms with Crippen LogP contribution < -0.4 is 14.2 Å². The van der Waals surface area contributed by atoms with Crippen LogP contribution in [0.2, 0.25) is 0 Å². The maximum atomic E-state index is 12.6. The van der Waals surface area contributed by atoms with Gasteiger partial charge < -0.3 is 19.3 Å². The van der Waals surface area contributed by atoms with Crippen LogP contribution in [0, 0.1) is 0 Å². The molecule has 24 heavy (non-hydrogen) atoms. The van der Waals surface area contributed by atoms with Gasteiger partial charge in [-0.2, -0.15) is 0 Å². The minimum atomic E-state index is -0.0883. The number of hydrogen-bond donors (Lipinski definition) is 1. The molecule has 5 nitrogen and oxygen atoms in total. The lowest BCUT2D eigenvalue weighted by molar-refractivity contribution is 0.100. The summed E-state index contributed by atoms with van der Waals surface area (Å²) < 4.78 is 16.1. The highest BCUT2D eigenvalue weighted by Gasteiger charge is 2.23. The van der Waals surface area contributed by atoms with Gasteiger partial charge in [-0.3, -0.25) is 4.79 Å². The minimum Gasteiger partial charge on any atom is -0.504 e. The molecule has 1 heterocycles. The third-order valence-electron chi connectivity index (χ3n) is 3.73. The van der Waals surface area contributed by atoms with Crippen LogP contribution in [0.4, 0.5) is 0 Å². The van der Waals surface area contributed by atoms with E-state index < -0.39 is 0 Å². The van der Waals surface area contributed by atoms with Gasteiger partial charge in [0.05, 0.1) is 19.3 Å². The van der Waals surface area contributed by atoms with E-state index in [-0.39, 0.29) is 18.1 Å². The van der Waals surface area contributed by atoms with E-state index in [2.05, 4.69) is 0 Å². The Morgan fingerprint density at radius 2 is 2.08 bits per heavy atom. The normalized spacial score (nSPS) is 14.9. The molecular weight excluding hydrogens is 308 g/mol. The van der Waals surface area contributed by atoms with E-state index in [0.29, 0.717) is 40.6 Å². The van der Waals surface area contributed by atoms with Gasteiger partial charge in [-0.05, 0) is 42.8 Å². The van der Waals surface area contributed by atoms with Gasteiger partial charge in [0.15, 0.2) is 17.3 Å². The highest BCUT2D eigenvalue weighted by atomic mass is 16.5. The lowest BCUT2D eigenvalue weighted by atomic mass is 9.98. The average molecular weight is 326 g/mol. The molecule has 0 fully saturated rings. The molecule has 0 aliphatic carbocycles. The maximum absolute atomic E-state index is 12.6. The Kier molecular flexibility index (Phi) is 4.42. The highest BCUT2D eigenvalue weighted by molar-refractivity contribution is 6.14. The first kappa shape index (κ1) is 15.9. The fraction of sp³-hybridized carbons (Fsp3) is 0.211. The third kappa shape index (κ3) is 3.06. The largest absolute Gasteiger partial charge is 0.504 e. The van der Waals surface area contributed by atoms with E-state index in [1.165, 1.54) is 7.11 Å². The summed E-state index contributed by atoms with van der Waals surface area (Å²) in [6, 6.07) is 10.2. The summed E-state index contributed by atoms with van der Waals surface area (Å²) in [5.41, 5.74) is 1.74. The number of carbonyl (C=O) groups excluding carboxylic acids is 1. The Labute approximate surface area is 140 Å². The molecule has 2 aromatic rings. The lowest BCUT2D eigenvalue weighted by Crippen LogP contribution is -2.19. The van der Waals surface area contributed by atoms with E-state index in [9.17, 15) is 9.90 Å². The van der Waals surface area contributed by atoms with E-state index in [4.69, 9.17) is 14.2 Å². The molecule has 2 aromatic carbocycles. The molecule has 0 bridgehead atoms. The molecule has 0 saturated carbocycles. The zero-order valence-corrected chi connectivity index (χ0v) is 13.5. The monoisotopic (exact) mass is 326 g/mol. The fourth-order valence-electron chi connectivity index (χ4n) is 2.57. The number of methoxy groups -OCH3 is 1. The van der Waals surface area contributed by atoms with E-state index in [1.807, 2.05) is 6.92 Å². The maximum Gasteiger partial charge on any atom is 0.196 e. The number of ether oxygens (including phenoxy) is 3. The van der Waals surface area contributed by atoms with Crippen molar-refractivity contribution < 1.29 is 24.1 Å². The number of aromatic hydroxyl groups is 1. The molecule has 0 spiro atoms. The molecule has 1 aliphatic rings. The molecule has 1 N–H and O–H groups in total. The van der Waals surface area contributed by atoms with Gasteiger partial charge in [0, 0.05) is 11.6 Å². The Bertz CT molecular complexity index is 807. The Balaban J connectivity index is 1.89. The smallest absolute Gasteiger partial charge is 0.196 e. The molecule has 3 rings (SSSR count). The van der Waals surface area contributed by atoms with Crippen molar-refractivity contribution >= 4 is 11.9 Å². The van der Waals surface area contributed by atoms with Crippen LogP contribution in [0.25, 0.3) is 6.08 Å². The molecule has 124 valence electrons. The first-order valence-corrected chi connectivity index (χ1v) is 7.64. The Hall–Kier alpha value is -2.95. The second-order valence-corrected chi connectivity index (χ2v) is 5.31. The van der Waals surface area contributed by atoms with Crippen molar-refractivity contribution in [1.82, 2.24) is 0 Å². The lowest BCUT2D eigenvalue weighted by Gasteiger charge is -2.19. The first-order chi connectivity index (χ1) is 11.6. The molecule has 0 amide bonds. The standard InChI is InChI=1S/C19H18O5/c1-3-23-14-5-6-15-18(10-14)24-11-13(19(15)21)8-12-4-7-17(22-2)16(20)9-12/h4-10,20H,3,11H2,1-2H3/b13-8+. The number of phenols is 1. The molecule has 1 aliphatic heterocycles. The van der Waals surface area contributed by atoms with Crippen molar-refractivity contribution in [3.8, 4) is 23.0 Å². The van der Waals surface area contributed by atoms with Gasteiger partial charge in [0.1, 0.15) is 18.1 Å². The number of benzene rings is 2. The van der Waals surface area contributed by atoms with Gasteiger partial charge in [-0.1, -0.05) is 6.07 Å². The zero-order valence-electron chi connectivity index (χ0n) is 13.5. The SMILES string of the molecule is CCOc1ccc2c(c1)OC/C(=C\c1ccc(OC)c(O)c1)C2=O. The highest BCUT2D eigenvalue weighted by Crippen LogP contribution is 2.32. The van der Waals surface area contributed by atoms with Gasteiger partial charge in [0.25, 0.3) is 0 Å². The van der Waals surface area contributed by atoms with Gasteiger partial charge in [-0.25, -0.2) is 0 Å². The first-order valence-electron chi connectivity index (χ1n) is 7.64. The van der Waals surface area contributed by atoms with Crippen molar-refractivity contribution in [3.63, 3.8) is 0 Å². The second-order valence-electron chi connectivity index (χ2n) is 5.31. The fourth-order valence-corrected chi connectivity index (χ4v) is 2.57. The van der Waals surface area contributed by atoms with Crippen molar-refractivity contribution in [2.45, 2.75) is 6.92 Å². The number of rotatable bonds is 4. The van der Waals surface area contributed by atoms with Crippen molar-refractivity contribution in [2.24, 2.45) is 0 Å². The molecular formula is C19H18O5. The van der Waals surface area contributed by atoms with E-state index in [1.54, 1.807) is 42.5 Å². The molecule has 5 heteroatoms.